The summed E-state index contributed by atoms with van der Waals surface area (Å²) in [6, 6.07) is -3.33. The number of carbonyl (C=O) groups is 4. The molecule has 10 heteroatoms. The van der Waals surface area contributed by atoms with Gasteiger partial charge in [0.1, 0.15) is 18.1 Å². The largest absolute Gasteiger partial charge is 0.480 e. The fourth-order valence-electron chi connectivity index (χ4n) is 3.74. The average molecular weight is 456 g/mol. The first-order chi connectivity index (χ1) is 15.0. The number of likely N-dealkylation sites (tertiary alicyclic amines) is 1. The third-order valence-corrected chi connectivity index (χ3v) is 6.20. The van der Waals surface area contributed by atoms with Gasteiger partial charge in [-0.3, -0.25) is 14.4 Å². The van der Waals surface area contributed by atoms with Crippen molar-refractivity contribution in [2.24, 2.45) is 23.3 Å². The van der Waals surface area contributed by atoms with E-state index in [9.17, 15) is 24.3 Å². The highest BCUT2D eigenvalue weighted by molar-refractivity contribution is 5.94. The topological polar surface area (TPSA) is 168 Å². The van der Waals surface area contributed by atoms with E-state index in [4.69, 9.17) is 11.5 Å². The van der Waals surface area contributed by atoms with E-state index >= 15 is 0 Å². The average Bonchev–Trinajstić information content (AvgIpc) is 3.24. The van der Waals surface area contributed by atoms with Crippen LogP contribution in [0.2, 0.25) is 0 Å². The van der Waals surface area contributed by atoms with Gasteiger partial charge < -0.3 is 32.1 Å². The number of hydrogen-bond acceptors (Lipinski definition) is 6. The molecule has 0 bridgehead atoms. The highest BCUT2D eigenvalue weighted by Gasteiger charge is 2.39. The van der Waals surface area contributed by atoms with Crippen molar-refractivity contribution < 1.29 is 24.3 Å². The zero-order valence-electron chi connectivity index (χ0n) is 19.8. The lowest BCUT2D eigenvalue weighted by Crippen LogP contribution is -2.58. The van der Waals surface area contributed by atoms with Gasteiger partial charge in [-0.05, 0) is 50.5 Å². The van der Waals surface area contributed by atoms with Crippen LogP contribution in [0.3, 0.4) is 0 Å². The van der Waals surface area contributed by atoms with E-state index in [1.807, 2.05) is 27.7 Å². The smallest absolute Gasteiger partial charge is 0.326 e. The first-order valence-electron chi connectivity index (χ1n) is 11.6. The Kier molecular flexibility index (Phi) is 11.6. The Bertz CT molecular complexity index is 657. The number of aliphatic carboxylic acids is 1. The highest BCUT2D eigenvalue weighted by atomic mass is 16.4. The number of nitrogens with one attached hydrogen (secondary N) is 2. The number of nitrogens with two attached hydrogens (primary N) is 2. The quantitative estimate of drug-likeness (QED) is 0.247. The van der Waals surface area contributed by atoms with Gasteiger partial charge in [0.2, 0.25) is 17.7 Å². The Morgan fingerprint density at radius 1 is 1.12 bits per heavy atom. The number of carboxylic acids is 1. The molecule has 0 aromatic heterocycles. The second kappa shape index (κ2) is 13.4. The summed E-state index contributed by atoms with van der Waals surface area (Å²) in [5.41, 5.74) is 11.5. The van der Waals surface area contributed by atoms with Crippen molar-refractivity contribution in [1.29, 1.82) is 0 Å². The van der Waals surface area contributed by atoms with Crippen LogP contribution in [0.1, 0.15) is 66.2 Å². The van der Waals surface area contributed by atoms with Crippen molar-refractivity contribution in [3.63, 3.8) is 0 Å². The van der Waals surface area contributed by atoms with Crippen LogP contribution in [-0.2, 0) is 19.2 Å². The zero-order chi connectivity index (χ0) is 24.4. The van der Waals surface area contributed by atoms with Crippen LogP contribution in [0.5, 0.6) is 0 Å². The Hall–Kier alpha value is -2.20. The molecule has 0 saturated carbocycles. The predicted molar refractivity (Wildman–Crippen MR) is 121 cm³/mol. The second-order valence-corrected chi connectivity index (χ2v) is 9.02. The molecule has 0 aliphatic carbocycles. The van der Waals surface area contributed by atoms with E-state index in [1.54, 1.807) is 0 Å². The summed E-state index contributed by atoms with van der Waals surface area (Å²) in [7, 11) is 0. The first-order valence-corrected chi connectivity index (χ1v) is 11.6. The number of nitrogens with zero attached hydrogens (tertiary/aromatic N) is 1. The van der Waals surface area contributed by atoms with E-state index in [0.717, 1.165) is 0 Å². The van der Waals surface area contributed by atoms with Crippen LogP contribution in [0.15, 0.2) is 0 Å². The SMILES string of the molecule is CC[C@H](C)[C@H](NC(=O)[C@@H]1CCCN1C(=O)[C@@H](N)C(C)C)C(=O)N[C@@H](CCCCN)C(=O)O. The Morgan fingerprint density at radius 3 is 2.31 bits per heavy atom. The fourth-order valence-corrected chi connectivity index (χ4v) is 3.74. The molecule has 3 amide bonds. The minimum absolute atomic E-state index is 0.0577. The molecule has 10 nitrogen and oxygen atoms in total. The van der Waals surface area contributed by atoms with Crippen LogP contribution < -0.4 is 22.1 Å². The summed E-state index contributed by atoms with van der Waals surface area (Å²) < 4.78 is 0. The van der Waals surface area contributed by atoms with E-state index in [2.05, 4.69) is 10.6 Å². The van der Waals surface area contributed by atoms with Gasteiger partial charge in [-0.2, -0.15) is 0 Å². The minimum Gasteiger partial charge on any atom is -0.480 e. The molecule has 5 atom stereocenters. The molecule has 1 aliphatic rings. The summed E-state index contributed by atoms with van der Waals surface area (Å²) in [4.78, 5) is 51.8. The van der Waals surface area contributed by atoms with Crippen molar-refractivity contribution in [3.8, 4) is 0 Å². The van der Waals surface area contributed by atoms with Crippen molar-refractivity contribution in [2.45, 2.75) is 90.4 Å². The number of hydrogen-bond donors (Lipinski definition) is 5. The molecule has 0 unspecified atom stereocenters. The summed E-state index contributed by atoms with van der Waals surface area (Å²) in [5, 5.41) is 14.8. The van der Waals surface area contributed by atoms with Gasteiger partial charge in [-0.15, -0.1) is 0 Å². The molecule has 1 rings (SSSR count). The molecule has 1 aliphatic heterocycles. The van der Waals surface area contributed by atoms with Crippen LogP contribution in [-0.4, -0.2) is 71.0 Å². The standard InChI is InChI=1S/C22H41N5O5/c1-5-14(4)18(20(29)25-15(22(31)32)9-6-7-11-23)26-19(28)16-10-8-12-27(16)21(30)17(24)13(2)3/h13-18H,5-12,23-24H2,1-4H3,(H,25,29)(H,26,28)(H,31,32)/t14-,15-,16-,17-,18-/m0/s1. The van der Waals surface area contributed by atoms with E-state index in [-0.39, 0.29) is 24.2 Å². The van der Waals surface area contributed by atoms with Crippen LogP contribution in [0.25, 0.3) is 0 Å². The van der Waals surface area contributed by atoms with Gasteiger partial charge in [-0.1, -0.05) is 34.1 Å². The summed E-state index contributed by atoms with van der Waals surface area (Å²) >= 11 is 0. The Balaban J connectivity index is 2.91. The highest BCUT2D eigenvalue weighted by Crippen LogP contribution is 2.21. The molecule has 1 heterocycles. The van der Waals surface area contributed by atoms with Gasteiger partial charge in [-0.25, -0.2) is 4.79 Å². The van der Waals surface area contributed by atoms with E-state index < -0.39 is 42.0 Å². The van der Waals surface area contributed by atoms with Gasteiger partial charge in [0.15, 0.2) is 0 Å². The summed E-state index contributed by atoms with van der Waals surface area (Å²) in [6.45, 7) is 8.30. The predicted octanol–water partition coefficient (Wildman–Crippen LogP) is 0.190. The maximum atomic E-state index is 13.1. The van der Waals surface area contributed by atoms with Gasteiger partial charge in [0.05, 0.1) is 6.04 Å². The van der Waals surface area contributed by atoms with Crippen LogP contribution in [0, 0.1) is 11.8 Å². The number of carbonyl (C=O) groups excluding carboxylic acids is 3. The fraction of sp³-hybridized carbons (Fsp3) is 0.818. The normalized spacial score (nSPS) is 19.8. The van der Waals surface area contributed by atoms with Gasteiger partial charge in [0, 0.05) is 6.54 Å². The number of carboxylic acid groups (broad SMARTS) is 1. The molecule has 1 saturated heterocycles. The molecule has 7 N–H and O–H groups in total. The Morgan fingerprint density at radius 2 is 1.78 bits per heavy atom. The first kappa shape index (κ1) is 27.8. The number of amides is 3. The summed E-state index contributed by atoms with van der Waals surface area (Å²) in [5.74, 6) is -2.63. The Labute approximate surface area is 190 Å². The third kappa shape index (κ3) is 7.74. The van der Waals surface area contributed by atoms with Crippen molar-refractivity contribution in [3.05, 3.63) is 0 Å². The number of unbranched alkanes of at least 4 members (excludes halogenated alkanes) is 1. The van der Waals surface area contributed by atoms with Gasteiger partial charge in [0.25, 0.3) is 0 Å². The van der Waals surface area contributed by atoms with Crippen LogP contribution in [0.4, 0.5) is 0 Å². The molecular weight excluding hydrogens is 414 g/mol. The second-order valence-electron chi connectivity index (χ2n) is 9.02. The molecule has 0 aromatic carbocycles. The lowest BCUT2D eigenvalue weighted by atomic mass is 9.97. The molecule has 1 fully saturated rings. The van der Waals surface area contributed by atoms with Crippen molar-refractivity contribution >= 4 is 23.7 Å². The summed E-state index contributed by atoms with van der Waals surface area (Å²) in [6.07, 6.45) is 3.27. The van der Waals surface area contributed by atoms with Gasteiger partial charge >= 0.3 is 5.97 Å². The molecule has 0 spiro atoms. The minimum atomic E-state index is -1.13. The third-order valence-electron chi connectivity index (χ3n) is 6.20. The monoisotopic (exact) mass is 455 g/mol. The molecule has 0 radical (unpaired) electrons. The molecular formula is C22H41N5O5. The maximum Gasteiger partial charge on any atom is 0.326 e. The van der Waals surface area contributed by atoms with Crippen molar-refractivity contribution in [1.82, 2.24) is 15.5 Å². The van der Waals surface area contributed by atoms with Crippen molar-refractivity contribution in [2.75, 3.05) is 13.1 Å². The molecule has 32 heavy (non-hydrogen) atoms. The maximum absolute atomic E-state index is 13.1. The van der Waals surface area contributed by atoms with E-state index in [0.29, 0.717) is 45.2 Å². The lowest BCUT2D eigenvalue weighted by molar-refractivity contribution is -0.143. The number of rotatable bonds is 13. The van der Waals surface area contributed by atoms with E-state index in [1.165, 1.54) is 4.90 Å². The van der Waals surface area contributed by atoms with Crippen LogP contribution >= 0.6 is 0 Å². The molecule has 0 aromatic rings. The zero-order valence-corrected chi connectivity index (χ0v) is 19.8. The lowest BCUT2D eigenvalue weighted by Gasteiger charge is -2.31. The molecule has 184 valence electrons.